The number of rotatable bonds is 6. The highest BCUT2D eigenvalue weighted by Gasteiger charge is 2.22. The van der Waals surface area contributed by atoms with Crippen LogP contribution in [0.5, 0.6) is 5.88 Å². The molecule has 3 rings (SSSR count). The average Bonchev–Trinajstić information content (AvgIpc) is 3.14. The molecule has 2 aromatic rings. The first-order chi connectivity index (χ1) is 12.2. The van der Waals surface area contributed by atoms with Crippen molar-refractivity contribution in [2.24, 2.45) is 0 Å². The molecule has 1 saturated heterocycles. The molecule has 0 saturated carbocycles. The second-order valence-corrected chi connectivity index (χ2v) is 6.09. The molecule has 3 heterocycles. The number of ether oxygens (including phenoxy) is 1. The van der Waals surface area contributed by atoms with Crippen molar-refractivity contribution in [1.82, 2.24) is 24.6 Å². The third-order valence-corrected chi connectivity index (χ3v) is 4.28. The van der Waals surface area contributed by atoms with E-state index in [0.29, 0.717) is 31.3 Å². The number of amides is 1. The molecular formula is C17H24N6O2. The fourth-order valence-electron chi connectivity index (χ4n) is 2.91. The summed E-state index contributed by atoms with van der Waals surface area (Å²) in [6.07, 6.45) is 5.02. The summed E-state index contributed by atoms with van der Waals surface area (Å²) in [5, 5.41) is 4.15. The minimum atomic E-state index is 0.203. The zero-order valence-electron chi connectivity index (χ0n) is 14.8. The van der Waals surface area contributed by atoms with Crippen molar-refractivity contribution < 1.29 is 9.53 Å². The fraction of sp³-hybridized carbons (Fsp3) is 0.529. The molecule has 8 heteroatoms. The Morgan fingerprint density at radius 3 is 2.72 bits per heavy atom. The van der Waals surface area contributed by atoms with Crippen molar-refractivity contribution in [1.29, 1.82) is 0 Å². The molecular weight excluding hydrogens is 320 g/mol. The number of hydrogen-bond acceptors (Lipinski definition) is 6. The van der Waals surface area contributed by atoms with Gasteiger partial charge in [0.1, 0.15) is 0 Å². The van der Waals surface area contributed by atoms with E-state index >= 15 is 0 Å². The van der Waals surface area contributed by atoms with Crippen molar-refractivity contribution in [3.8, 4) is 5.88 Å². The molecule has 8 nitrogen and oxygen atoms in total. The quantitative estimate of drug-likeness (QED) is 0.782. The summed E-state index contributed by atoms with van der Waals surface area (Å²) in [7, 11) is 1.60. The third kappa shape index (κ3) is 4.46. The molecule has 0 aliphatic carbocycles. The lowest BCUT2D eigenvalue weighted by atomic mass is 10.2. The topological polar surface area (TPSA) is 76.4 Å². The Labute approximate surface area is 147 Å². The summed E-state index contributed by atoms with van der Waals surface area (Å²) in [6.45, 7) is 5.55. The Morgan fingerprint density at radius 1 is 1.24 bits per heavy atom. The predicted molar refractivity (Wildman–Crippen MR) is 93.6 cm³/mol. The van der Waals surface area contributed by atoms with Gasteiger partial charge in [-0.15, -0.1) is 0 Å². The average molecular weight is 344 g/mol. The van der Waals surface area contributed by atoms with E-state index in [2.05, 4.69) is 20.0 Å². The van der Waals surface area contributed by atoms with Gasteiger partial charge < -0.3 is 14.5 Å². The highest BCUT2D eigenvalue weighted by Crippen LogP contribution is 2.17. The first-order valence-corrected chi connectivity index (χ1v) is 8.55. The summed E-state index contributed by atoms with van der Waals surface area (Å²) < 4.78 is 7.07. The summed E-state index contributed by atoms with van der Waals surface area (Å²) in [5.74, 6) is 1.44. The minimum absolute atomic E-state index is 0.203. The molecule has 0 spiro atoms. The molecule has 0 unspecified atom stereocenters. The second-order valence-electron chi connectivity index (χ2n) is 6.09. The van der Waals surface area contributed by atoms with Gasteiger partial charge in [-0.3, -0.25) is 9.48 Å². The largest absolute Gasteiger partial charge is 0.481 e. The van der Waals surface area contributed by atoms with Crippen molar-refractivity contribution in [3.05, 3.63) is 30.2 Å². The zero-order chi connectivity index (χ0) is 17.6. The molecule has 0 N–H and O–H groups in total. The van der Waals surface area contributed by atoms with E-state index in [1.807, 2.05) is 34.8 Å². The van der Waals surface area contributed by atoms with E-state index in [1.54, 1.807) is 13.3 Å². The van der Waals surface area contributed by atoms with Crippen molar-refractivity contribution in [2.45, 2.75) is 26.3 Å². The molecule has 1 aliphatic rings. The van der Waals surface area contributed by atoms with E-state index in [1.165, 1.54) is 0 Å². The van der Waals surface area contributed by atoms with Crippen LogP contribution < -0.4 is 9.64 Å². The van der Waals surface area contributed by atoms with Crippen LogP contribution in [0.25, 0.3) is 0 Å². The van der Waals surface area contributed by atoms with Crippen LogP contribution in [0.3, 0.4) is 0 Å². The number of nitrogens with zero attached hydrogens (tertiary/aromatic N) is 6. The second kappa shape index (κ2) is 7.96. The Kier molecular flexibility index (Phi) is 5.47. The van der Waals surface area contributed by atoms with Crippen LogP contribution in [-0.2, 0) is 11.3 Å². The monoisotopic (exact) mass is 344 g/mol. The highest BCUT2D eigenvalue weighted by atomic mass is 16.5. The maximum Gasteiger partial charge on any atom is 0.228 e. The number of piperazine rings is 1. The minimum Gasteiger partial charge on any atom is -0.481 e. The molecule has 25 heavy (non-hydrogen) atoms. The maximum atomic E-state index is 12.4. The maximum absolute atomic E-state index is 12.4. The lowest BCUT2D eigenvalue weighted by Crippen LogP contribution is -2.49. The van der Waals surface area contributed by atoms with Gasteiger partial charge in [0.05, 0.1) is 7.11 Å². The van der Waals surface area contributed by atoms with E-state index in [0.717, 1.165) is 31.7 Å². The number of anilines is 1. The molecule has 0 radical (unpaired) electrons. The van der Waals surface area contributed by atoms with Gasteiger partial charge in [0.15, 0.2) is 0 Å². The Bertz CT molecular complexity index is 695. The molecule has 0 aromatic carbocycles. The van der Waals surface area contributed by atoms with Gasteiger partial charge in [-0.1, -0.05) is 0 Å². The predicted octanol–water partition coefficient (Wildman–Crippen LogP) is 1.12. The molecule has 2 aromatic heterocycles. The number of aryl methyl sites for hydroxylation is 2. The third-order valence-electron chi connectivity index (χ3n) is 4.28. The van der Waals surface area contributed by atoms with E-state index in [9.17, 15) is 4.79 Å². The van der Waals surface area contributed by atoms with Crippen molar-refractivity contribution in [2.75, 3.05) is 38.2 Å². The summed E-state index contributed by atoms with van der Waals surface area (Å²) in [6, 6.07) is 3.70. The molecule has 0 bridgehead atoms. The molecule has 134 valence electrons. The Balaban J connectivity index is 1.48. The lowest BCUT2D eigenvalue weighted by molar-refractivity contribution is -0.131. The number of hydrogen-bond donors (Lipinski definition) is 0. The van der Waals surface area contributed by atoms with Gasteiger partial charge in [0.2, 0.25) is 17.7 Å². The van der Waals surface area contributed by atoms with Gasteiger partial charge in [-0.05, 0) is 19.4 Å². The lowest BCUT2D eigenvalue weighted by Gasteiger charge is -2.35. The molecule has 1 aliphatic heterocycles. The van der Waals surface area contributed by atoms with Crippen LogP contribution in [-0.4, -0.2) is 63.8 Å². The zero-order valence-corrected chi connectivity index (χ0v) is 14.8. The van der Waals surface area contributed by atoms with Crippen LogP contribution in [0.15, 0.2) is 24.5 Å². The molecule has 1 amide bonds. The van der Waals surface area contributed by atoms with E-state index < -0.39 is 0 Å². The van der Waals surface area contributed by atoms with Gasteiger partial charge in [-0.2, -0.15) is 10.1 Å². The Morgan fingerprint density at radius 2 is 2.04 bits per heavy atom. The summed E-state index contributed by atoms with van der Waals surface area (Å²) in [4.78, 5) is 25.3. The molecule has 0 atom stereocenters. The van der Waals surface area contributed by atoms with E-state index in [-0.39, 0.29) is 5.91 Å². The van der Waals surface area contributed by atoms with Gasteiger partial charge >= 0.3 is 0 Å². The van der Waals surface area contributed by atoms with Crippen LogP contribution in [0, 0.1) is 6.92 Å². The fourth-order valence-corrected chi connectivity index (χ4v) is 2.91. The van der Waals surface area contributed by atoms with Crippen LogP contribution in [0.1, 0.15) is 18.5 Å². The first kappa shape index (κ1) is 17.2. The van der Waals surface area contributed by atoms with Gasteiger partial charge in [0, 0.05) is 63.3 Å². The van der Waals surface area contributed by atoms with Gasteiger partial charge in [-0.25, -0.2) is 4.98 Å². The van der Waals surface area contributed by atoms with Crippen molar-refractivity contribution in [3.63, 3.8) is 0 Å². The van der Waals surface area contributed by atoms with Crippen LogP contribution >= 0.6 is 0 Å². The number of aromatic nitrogens is 4. The Hall–Kier alpha value is -2.64. The number of methoxy groups -OCH3 is 1. The summed E-state index contributed by atoms with van der Waals surface area (Å²) >= 11 is 0. The number of carbonyl (C=O) groups excluding carboxylic acids is 1. The standard InChI is InChI=1S/C17H24N6O2/c1-14-13-15(25-2)20-17(19-14)22-11-9-21(10-12-22)16(24)5-3-7-23-8-4-6-18-23/h4,6,8,13H,3,5,7,9-12H2,1-2H3. The van der Waals surface area contributed by atoms with Crippen LogP contribution in [0.2, 0.25) is 0 Å². The van der Waals surface area contributed by atoms with E-state index in [4.69, 9.17) is 4.74 Å². The van der Waals surface area contributed by atoms with Gasteiger partial charge in [0.25, 0.3) is 0 Å². The van der Waals surface area contributed by atoms with Crippen LogP contribution in [0.4, 0.5) is 5.95 Å². The first-order valence-electron chi connectivity index (χ1n) is 8.55. The normalized spacial score (nSPS) is 14.6. The summed E-state index contributed by atoms with van der Waals surface area (Å²) in [5.41, 5.74) is 0.874. The van der Waals surface area contributed by atoms with Crippen molar-refractivity contribution >= 4 is 11.9 Å². The highest BCUT2D eigenvalue weighted by molar-refractivity contribution is 5.76. The SMILES string of the molecule is COc1cc(C)nc(N2CCN(C(=O)CCCn3cccn3)CC2)n1. The number of carbonyl (C=O) groups is 1. The molecule has 1 fully saturated rings. The smallest absolute Gasteiger partial charge is 0.228 e.